The average Bonchev–Trinajstić information content (AvgIpc) is 4.31. The minimum atomic E-state index is -1.63. The van der Waals surface area contributed by atoms with E-state index >= 15 is 0 Å². The highest BCUT2D eigenvalue weighted by Gasteiger charge is 2.58. The van der Waals surface area contributed by atoms with Gasteiger partial charge in [-0.25, -0.2) is 4.39 Å². The highest BCUT2D eigenvalue weighted by atomic mass is 79.9. The van der Waals surface area contributed by atoms with E-state index < -0.39 is 16.6 Å². The third kappa shape index (κ3) is 22.5. The number of aliphatic hydroxyl groups is 2. The Hall–Kier alpha value is -5.14. The maximum atomic E-state index is 14.2. The van der Waals surface area contributed by atoms with Gasteiger partial charge in [-0.15, -0.1) is 0 Å². The Labute approximate surface area is 494 Å². The minimum Gasteiger partial charge on any atom is -0.508 e. The molecule has 5 N–H and O–H groups in total. The fourth-order valence-electron chi connectivity index (χ4n) is 8.79. The summed E-state index contributed by atoms with van der Waals surface area (Å²) in [5, 5.41) is 28.5. The molecule has 11 nitrogen and oxygen atoms in total. The summed E-state index contributed by atoms with van der Waals surface area (Å²) in [6, 6.07) is 35.4. The van der Waals surface area contributed by atoms with E-state index in [1.807, 2.05) is 73.8 Å². The van der Waals surface area contributed by atoms with Crippen molar-refractivity contribution in [3.05, 3.63) is 155 Å². The van der Waals surface area contributed by atoms with Crippen LogP contribution in [0.4, 0.5) is 10.1 Å². The highest BCUT2D eigenvalue weighted by Crippen LogP contribution is 2.64. The zero-order chi connectivity index (χ0) is 60.0. The summed E-state index contributed by atoms with van der Waals surface area (Å²) >= 11 is 3.37. The van der Waals surface area contributed by atoms with Crippen LogP contribution >= 0.6 is 15.9 Å². The number of carbonyl (C=O) groups excluding carboxylic acids is 1. The van der Waals surface area contributed by atoms with Gasteiger partial charge in [0, 0.05) is 41.5 Å². The number of aliphatic hydroxyl groups excluding tert-OH is 2. The van der Waals surface area contributed by atoms with Gasteiger partial charge in [0.2, 0.25) is 0 Å². The molecule has 6 aromatic rings. The maximum Gasteiger partial charge on any atom is 0.192 e. The Balaban J connectivity index is 0.000000246. The minimum absolute atomic E-state index is 0.0151. The molecule has 2 saturated carbocycles. The molecule has 1 atom stereocenters. The van der Waals surface area contributed by atoms with E-state index in [4.69, 9.17) is 44.1 Å². The van der Waals surface area contributed by atoms with Gasteiger partial charge in [-0.3, -0.25) is 9.78 Å². The summed E-state index contributed by atoms with van der Waals surface area (Å²) in [7, 11) is -3.09. The SMILES string of the molecule is CC(C)(C)[Si](C)(C)OCCBr.Cc1cc2nccc(C3CCC4(CC3)CC4C(=O)Cc3ccc(OCCO)cc3)c2cc1F.Cc1ccc(O)cc1.Cc1ccc(OCCO[Si](C)(C)C(C)(C)C)cc1.Nc1ccc(OCCO)cc1. The quantitative estimate of drug-likeness (QED) is 0.0280. The number of fused-ring (bicyclic) bond motifs is 1. The van der Waals surface area contributed by atoms with Crippen LogP contribution in [0.2, 0.25) is 36.3 Å². The largest absolute Gasteiger partial charge is 0.508 e. The fraction of sp³-hybridized carbons (Fsp3) is 0.485. The number of hydrogen-bond acceptors (Lipinski definition) is 11. The van der Waals surface area contributed by atoms with E-state index in [0.717, 1.165) is 72.0 Å². The third-order valence-corrected chi connectivity index (χ3v) is 25.4. The molecule has 1 spiro atoms. The number of hydrogen-bond donors (Lipinski definition) is 4. The number of ether oxygens (including phenoxy) is 3. The second-order valence-electron chi connectivity index (χ2n) is 24.3. The summed E-state index contributed by atoms with van der Waals surface area (Å²) in [6.07, 6.45) is 7.48. The first-order valence-corrected chi connectivity index (χ1v) is 35.4. The average molecular weight is 1210 g/mol. The number of pyridine rings is 1. The lowest BCUT2D eigenvalue weighted by Crippen LogP contribution is -2.41. The summed E-state index contributed by atoms with van der Waals surface area (Å²) in [6.45, 7) is 31.2. The number of ketones is 1. The molecule has 15 heteroatoms. The molecule has 2 aliphatic rings. The summed E-state index contributed by atoms with van der Waals surface area (Å²) in [4.78, 5) is 17.4. The smallest absolute Gasteiger partial charge is 0.192 e. The van der Waals surface area contributed by atoms with Crippen molar-refractivity contribution in [1.29, 1.82) is 0 Å². The number of Topliss-reactive ketones (excluding diaryl/α,β-unsaturated/α-hetero) is 1. The number of halogens is 2. The molecule has 0 radical (unpaired) electrons. The normalized spacial score (nSPS) is 16.7. The van der Waals surface area contributed by atoms with E-state index in [-0.39, 0.29) is 42.0 Å². The molecule has 2 aliphatic carbocycles. The summed E-state index contributed by atoms with van der Waals surface area (Å²) in [5.74, 6) is 3.40. The molecule has 0 aliphatic heterocycles. The molecule has 81 heavy (non-hydrogen) atoms. The number of benzene rings is 5. The fourth-order valence-corrected chi connectivity index (χ4v) is 11.3. The van der Waals surface area contributed by atoms with Crippen LogP contribution in [0.25, 0.3) is 10.9 Å². The molecule has 0 saturated heterocycles. The van der Waals surface area contributed by atoms with Crippen molar-refractivity contribution in [1.82, 2.24) is 4.98 Å². The van der Waals surface area contributed by atoms with Crippen LogP contribution in [0.1, 0.15) is 107 Å². The number of phenols is 1. The van der Waals surface area contributed by atoms with Crippen LogP contribution in [0.5, 0.6) is 23.0 Å². The first-order valence-electron chi connectivity index (χ1n) is 28.4. The zero-order valence-electron chi connectivity index (χ0n) is 50.7. The van der Waals surface area contributed by atoms with Crippen molar-refractivity contribution in [3.63, 3.8) is 0 Å². The number of nitrogens with zero attached hydrogens (tertiary/aromatic N) is 1. The summed E-state index contributed by atoms with van der Waals surface area (Å²) < 4.78 is 42.3. The van der Waals surface area contributed by atoms with Crippen LogP contribution in [-0.2, 0) is 20.1 Å². The van der Waals surface area contributed by atoms with Crippen molar-refractivity contribution in [2.45, 2.75) is 143 Å². The monoisotopic (exact) mass is 1210 g/mol. The molecular weight excluding hydrogens is 1120 g/mol. The summed E-state index contributed by atoms with van der Waals surface area (Å²) in [5.41, 5.74) is 12.4. The Morgan fingerprint density at radius 2 is 1.15 bits per heavy atom. The van der Waals surface area contributed by atoms with Gasteiger partial charge in [0.05, 0.1) is 25.3 Å². The van der Waals surface area contributed by atoms with Crippen LogP contribution in [-0.4, -0.2) is 94.3 Å². The van der Waals surface area contributed by atoms with Gasteiger partial charge in [0.1, 0.15) is 54.4 Å². The molecule has 2 fully saturated rings. The van der Waals surface area contributed by atoms with E-state index in [9.17, 15) is 9.18 Å². The van der Waals surface area contributed by atoms with Crippen molar-refractivity contribution in [2.75, 3.05) is 57.3 Å². The predicted molar refractivity (Wildman–Crippen MR) is 339 cm³/mol. The third-order valence-electron chi connectivity index (χ3n) is 16.0. The number of rotatable bonds is 18. The second-order valence-corrected chi connectivity index (χ2v) is 34.7. The predicted octanol–water partition coefficient (Wildman–Crippen LogP) is 15.7. The van der Waals surface area contributed by atoms with Gasteiger partial charge in [-0.05, 0) is 196 Å². The van der Waals surface area contributed by atoms with E-state index in [0.29, 0.717) is 65.7 Å². The first kappa shape index (κ1) is 68.4. The maximum absolute atomic E-state index is 14.2. The number of aryl methyl sites for hydroxylation is 3. The number of carbonyl (C=O) groups is 1. The number of nitrogens with two attached hydrogens (primary N) is 1. The first-order chi connectivity index (χ1) is 38.1. The van der Waals surface area contributed by atoms with Crippen molar-refractivity contribution in [3.8, 4) is 23.0 Å². The van der Waals surface area contributed by atoms with Gasteiger partial charge in [0.25, 0.3) is 0 Å². The molecule has 444 valence electrons. The van der Waals surface area contributed by atoms with E-state index in [1.165, 1.54) is 16.7 Å². The Bertz CT molecular complexity index is 2770. The molecular formula is C66H94BrFN2O9Si2. The van der Waals surface area contributed by atoms with Crippen LogP contribution in [0, 0.1) is 37.9 Å². The number of phenolic OH excluding ortho intramolecular Hbond substituents is 1. The lowest BCUT2D eigenvalue weighted by Gasteiger charge is -2.36. The number of aromatic hydroxyl groups is 1. The van der Waals surface area contributed by atoms with Gasteiger partial charge in [0.15, 0.2) is 16.6 Å². The number of nitrogen functional groups attached to an aromatic ring is 1. The van der Waals surface area contributed by atoms with Crippen molar-refractivity contribution >= 4 is 54.9 Å². The van der Waals surface area contributed by atoms with Crippen LogP contribution in [0.15, 0.2) is 121 Å². The van der Waals surface area contributed by atoms with E-state index in [1.54, 1.807) is 49.4 Å². The standard InChI is InChI=1S/C28H30FNO3.C15H26O2Si.C8H19BrOSi.C8H11NO2.C7H8O/c1-18-14-26-23(16-25(18)29)22(8-11-30-26)20-6-9-28(10-7-20)17-24(28)27(32)15-19-2-4-21(5-3-19)33-13-12-31;1-13-7-9-14(10-8-13)16-11-12-17-18(5,6)15(2,3)4;1-8(2,3)11(4,5)10-7-6-9;9-7-1-3-8(4-2-7)11-6-5-10;1-6-2-4-7(8)5-3-6/h2-5,8,11,14,16,20,24,31H,6-7,9-10,12-13,15,17H2,1H3;7-10H,11-12H2,1-6H3;6-7H2,1-5H3;1-4,10H,5-6,9H2;2-5,8H,1H3. The van der Waals surface area contributed by atoms with Crippen LogP contribution in [0.3, 0.4) is 0 Å². The molecule has 1 unspecified atom stereocenters. The van der Waals surface area contributed by atoms with E-state index in [2.05, 4.69) is 108 Å². The Kier molecular flexibility index (Phi) is 27.1. The topological polar surface area (TPSA) is 163 Å². The van der Waals surface area contributed by atoms with Crippen molar-refractivity contribution in [2.24, 2.45) is 11.3 Å². The number of aromatic nitrogens is 1. The number of alkyl halides is 1. The number of anilines is 1. The van der Waals surface area contributed by atoms with Gasteiger partial charge >= 0.3 is 0 Å². The van der Waals surface area contributed by atoms with Gasteiger partial charge in [-0.2, -0.15) is 0 Å². The van der Waals surface area contributed by atoms with Crippen molar-refractivity contribution < 1.29 is 47.6 Å². The van der Waals surface area contributed by atoms with Gasteiger partial charge in [-0.1, -0.05) is 105 Å². The molecule has 1 heterocycles. The molecule has 0 bridgehead atoms. The zero-order valence-corrected chi connectivity index (χ0v) is 54.3. The second kappa shape index (κ2) is 32.1. The Morgan fingerprint density at radius 3 is 1.63 bits per heavy atom. The lowest BCUT2D eigenvalue weighted by molar-refractivity contribution is -0.120. The van der Waals surface area contributed by atoms with Gasteiger partial charge < -0.3 is 44.1 Å². The lowest BCUT2D eigenvalue weighted by atomic mass is 9.74. The van der Waals surface area contributed by atoms with Crippen LogP contribution < -0.4 is 19.9 Å². The molecule has 0 amide bonds. The Morgan fingerprint density at radius 1 is 0.679 bits per heavy atom. The molecule has 5 aromatic carbocycles. The molecule has 8 rings (SSSR count). The molecule has 1 aromatic heterocycles. The highest BCUT2D eigenvalue weighted by molar-refractivity contribution is 9.09.